The summed E-state index contributed by atoms with van der Waals surface area (Å²) in [7, 11) is 0. The molecular formula is C17H24N4O. The van der Waals surface area contributed by atoms with Crippen LogP contribution in [0.3, 0.4) is 0 Å². The van der Waals surface area contributed by atoms with E-state index >= 15 is 0 Å². The van der Waals surface area contributed by atoms with Gasteiger partial charge in [0, 0.05) is 19.3 Å². The molecule has 1 aromatic carbocycles. The molecule has 0 aliphatic heterocycles. The van der Waals surface area contributed by atoms with Crippen molar-refractivity contribution in [2.24, 2.45) is 0 Å². The van der Waals surface area contributed by atoms with Crippen LogP contribution in [0.4, 0.5) is 17.5 Å². The van der Waals surface area contributed by atoms with Crippen molar-refractivity contribution in [1.82, 2.24) is 9.97 Å². The van der Waals surface area contributed by atoms with E-state index in [1.54, 1.807) is 6.20 Å². The monoisotopic (exact) mass is 300 g/mol. The largest absolute Gasteiger partial charge is 0.489 e. The van der Waals surface area contributed by atoms with Crippen molar-refractivity contribution >= 4 is 17.5 Å². The average molecular weight is 300 g/mol. The number of nitrogens with one attached hydrogen (secondary N) is 1. The molecule has 0 radical (unpaired) electrons. The third-order valence-electron chi connectivity index (χ3n) is 3.20. The van der Waals surface area contributed by atoms with Gasteiger partial charge in [-0.3, -0.25) is 0 Å². The maximum absolute atomic E-state index is 5.82. The molecule has 22 heavy (non-hydrogen) atoms. The fourth-order valence-corrected chi connectivity index (χ4v) is 2.14. The molecule has 0 aliphatic carbocycles. The van der Waals surface area contributed by atoms with Crippen LogP contribution in [0.25, 0.3) is 0 Å². The fraction of sp³-hybridized carbons (Fsp3) is 0.412. The highest BCUT2D eigenvalue weighted by molar-refractivity contribution is 5.64. The standard InChI is InChI=1S/C17H24N4O/c1-5-21(6-2)17-18-12-11-16(20-17)19-14-9-7-8-10-15(14)22-13(3)4/h7-13H,5-6H2,1-4H3,(H,18,19,20). The summed E-state index contributed by atoms with van der Waals surface area (Å²) in [6.45, 7) is 9.98. The maximum atomic E-state index is 5.82. The van der Waals surface area contributed by atoms with Gasteiger partial charge in [-0.15, -0.1) is 0 Å². The molecule has 1 N–H and O–H groups in total. The van der Waals surface area contributed by atoms with E-state index in [2.05, 4.69) is 34.0 Å². The highest BCUT2D eigenvalue weighted by Gasteiger charge is 2.09. The number of ether oxygens (including phenoxy) is 1. The van der Waals surface area contributed by atoms with E-state index < -0.39 is 0 Å². The van der Waals surface area contributed by atoms with Crippen LogP contribution in [0.1, 0.15) is 27.7 Å². The smallest absolute Gasteiger partial charge is 0.227 e. The highest BCUT2D eigenvalue weighted by Crippen LogP contribution is 2.27. The Morgan fingerprint density at radius 1 is 1.14 bits per heavy atom. The van der Waals surface area contributed by atoms with Gasteiger partial charge in [-0.25, -0.2) is 4.98 Å². The lowest BCUT2D eigenvalue weighted by molar-refractivity contribution is 0.244. The summed E-state index contributed by atoms with van der Waals surface area (Å²) in [5.74, 6) is 2.31. The zero-order valence-electron chi connectivity index (χ0n) is 13.7. The van der Waals surface area contributed by atoms with Crippen molar-refractivity contribution in [2.75, 3.05) is 23.3 Å². The molecule has 0 aliphatic rings. The number of rotatable bonds is 7. The van der Waals surface area contributed by atoms with E-state index in [1.807, 2.05) is 44.2 Å². The summed E-state index contributed by atoms with van der Waals surface area (Å²) in [5, 5.41) is 3.32. The lowest BCUT2D eigenvalue weighted by atomic mass is 10.3. The van der Waals surface area contributed by atoms with Crippen molar-refractivity contribution in [3.63, 3.8) is 0 Å². The quantitative estimate of drug-likeness (QED) is 0.841. The molecule has 2 aromatic rings. The average Bonchev–Trinajstić information content (AvgIpc) is 2.50. The number of hydrogen-bond acceptors (Lipinski definition) is 5. The Morgan fingerprint density at radius 3 is 2.55 bits per heavy atom. The van der Waals surface area contributed by atoms with E-state index in [9.17, 15) is 0 Å². The van der Waals surface area contributed by atoms with Gasteiger partial charge in [-0.2, -0.15) is 4.98 Å². The molecule has 118 valence electrons. The van der Waals surface area contributed by atoms with E-state index in [0.717, 1.165) is 36.3 Å². The summed E-state index contributed by atoms with van der Waals surface area (Å²) in [4.78, 5) is 11.0. The Hall–Kier alpha value is -2.30. The van der Waals surface area contributed by atoms with Gasteiger partial charge in [0.15, 0.2) is 0 Å². The molecule has 5 heteroatoms. The minimum Gasteiger partial charge on any atom is -0.489 e. The van der Waals surface area contributed by atoms with E-state index in [4.69, 9.17) is 4.74 Å². The molecule has 1 aromatic heterocycles. The van der Waals surface area contributed by atoms with Gasteiger partial charge in [-0.1, -0.05) is 12.1 Å². The molecule has 0 amide bonds. The minimum atomic E-state index is 0.125. The van der Waals surface area contributed by atoms with Gasteiger partial charge < -0.3 is 15.0 Å². The van der Waals surface area contributed by atoms with Crippen LogP contribution in [-0.2, 0) is 0 Å². The molecule has 0 fully saturated rings. The Morgan fingerprint density at radius 2 is 1.86 bits per heavy atom. The number of anilines is 3. The summed E-state index contributed by atoms with van der Waals surface area (Å²) >= 11 is 0. The Balaban J connectivity index is 2.22. The van der Waals surface area contributed by atoms with E-state index in [1.165, 1.54) is 0 Å². The fourth-order valence-electron chi connectivity index (χ4n) is 2.14. The zero-order chi connectivity index (χ0) is 15.9. The van der Waals surface area contributed by atoms with Gasteiger partial charge in [0.05, 0.1) is 11.8 Å². The summed E-state index contributed by atoms with van der Waals surface area (Å²) < 4.78 is 5.82. The van der Waals surface area contributed by atoms with Crippen molar-refractivity contribution < 1.29 is 4.74 Å². The molecule has 0 bridgehead atoms. The molecule has 0 spiro atoms. The van der Waals surface area contributed by atoms with E-state index in [0.29, 0.717) is 0 Å². The Bertz CT molecular complexity index is 597. The van der Waals surface area contributed by atoms with Crippen LogP contribution in [0.15, 0.2) is 36.5 Å². The van der Waals surface area contributed by atoms with Crippen molar-refractivity contribution in [3.05, 3.63) is 36.5 Å². The van der Waals surface area contributed by atoms with Crippen LogP contribution in [0, 0.1) is 0 Å². The molecule has 0 saturated heterocycles. The van der Waals surface area contributed by atoms with Crippen LogP contribution < -0.4 is 15.0 Å². The number of aromatic nitrogens is 2. The summed E-state index contributed by atoms with van der Waals surface area (Å²) in [6, 6.07) is 9.73. The number of hydrogen-bond donors (Lipinski definition) is 1. The molecule has 1 heterocycles. The lowest BCUT2D eigenvalue weighted by Crippen LogP contribution is -2.24. The van der Waals surface area contributed by atoms with Gasteiger partial charge in [0.25, 0.3) is 0 Å². The van der Waals surface area contributed by atoms with Crippen LogP contribution in [0.2, 0.25) is 0 Å². The molecule has 0 unspecified atom stereocenters. The van der Waals surface area contributed by atoms with Gasteiger partial charge >= 0.3 is 0 Å². The number of nitrogens with zero attached hydrogens (tertiary/aromatic N) is 3. The van der Waals surface area contributed by atoms with Gasteiger partial charge in [-0.05, 0) is 45.9 Å². The maximum Gasteiger partial charge on any atom is 0.227 e. The third-order valence-corrected chi connectivity index (χ3v) is 3.20. The van der Waals surface area contributed by atoms with Crippen molar-refractivity contribution in [3.8, 4) is 5.75 Å². The van der Waals surface area contributed by atoms with Crippen molar-refractivity contribution in [1.29, 1.82) is 0 Å². The first-order valence-corrected chi connectivity index (χ1v) is 7.74. The Kier molecular flexibility index (Phi) is 5.58. The lowest BCUT2D eigenvalue weighted by Gasteiger charge is -2.19. The topological polar surface area (TPSA) is 50.3 Å². The molecule has 0 atom stereocenters. The third kappa shape index (κ3) is 4.10. The molecule has 0 saturated carbocycles. The van der Waals surface area contributed by atoms with Crippen molar-refractivity contribution in [2.45, 2.75) is 33.8 Å². The predicted octanol–water partition coefficient (Wildman–Crippen LogP) is 3.85. The van der Waals surface area contributed by atoms with Crippen LogP contribution >= 0.6 is 0 Å². The number of para-hydroxylation sites is 2. The van der Waals surface area contributed by atoms with E-state index in [-0.39, 0.29) is 6.10 Å². The van der Waals surface area contributed by atoms with Gasteiger partial charge in [0.2, 0.25) is 5.95 Å². The first-order chi connectivity index (χ1) is 10.6. The summed E-state index contributed by atoms with van der Waals surface area (Å²) in [5.41, 5.74) is 0.903. The van der Waals surface area contributed by atoms with Gasteiger partial charge in [0.1, 0.15) is 11.6 Å². The molecule has 2 rings (SSSR count). The second kappa shape index (κ2) is 7.64. The summed E-state index contributed by atoms with van der Waals surface area (Å²) in [6.07, 6.45) is 1.90. The van der Waals surface area contributed by atoms with Crippen LogP contribution in [0.5, 0.6) is 5.75 Å². The normalized spacial score (nSPS) is 10.6. The number of benzene rings is 1. The first kappa shape index (κ1) is 16.1. The second-order valence-corrected chi connectivity index (χ2v) is 5.20. The second-order valence-electron chi connectivity index (χ2n) is 5.20. The minimum absolute atomic E-state index is 0.125. The molecular weight excluding hydrogens is 276 g/mol. The molecule has 5 nitrogen and oxygen atoms in total. The zero-order valence-corrected chi connectivity index (χ0v) is 13.7. The predicted molar refractivity (Wildman–Crippen MR) is 91.1 cm³/mol. The SMILES string of the molecule is CCN(CC)c1nccc(Nc2ccccc2OC(C)C)n1. The highest BCUT2D eigenvalue weighted by atomic mass is 16.5. The van der Waals surface area contributed by atoms with Crippen LogP contribution in [-0.4, -0.2) is 29.2 Å². The Labute approximate surface area is 132 Å². The first-order valence-electron chi connectivity index (χ1n) is 7.74.